The summed E-state index contributed by atoms with van der Waals surface area (Å²) in [5.74, 6) is 0.199. The number of piperidine rings is 1. The maximum Gasteiger partial charge on any atom is 0.296 e. The summed E-state index contributed by atoms with van der Waals surface area (Å²) in [6.07, 6.45) is 5.23. The number of aromatic nitrogens is 1. The van der Waals surface area contributed by atoms with Crippen LogP contribution >= 0.6 is 0 Å². The van der Waals surface area contributed by atoms with Gasteiger partial charge in [0.1, 0.15) is 5.69 Å². The number of nitrogens with zero attached hydrogens (tertiary/aromatic N) is 5. The summed E-state index contributed by atoms with van der Waals surface area (Å²) in [4.78, 5) is 32.0. The van der Waals surface area contributed by atoms with Crippen LogP contribution in [0.4, 0.5) is 11.4 Å². The number of pyridine rings is 1. The number of hydrogen-bond acceptors (Lipinski definition) is 8. The van der Waals surface area contributed by atoms with Crippen LogP contribution in [0.1, 0.15) is 35.7 Å². The average molecular weight is 531 g/mol. The number of benzene rings is 1. The van der Waals surface area contributed by atoms with Crippen LogP contribution in [0, 0.1) is 23.0 Å². The first-order valence-corrected chi connectivity index (χ1v) is 14.1. The molecule has 0 radical (unpaired) electrons. The van der Waals surface area contributed by atoms with Crippen LogP contribution in [-0.4, -0.2) is 90.7 Å². The Morgan fingerprint density at radius 3 is 2.49 bits per heavy atom. The molecule has 37 heavy (non-hydrogen) atoms. The molecule has 1 atom stereocenters. The molecule has 1 aromatic carbocycles. The third-order valence-corrected chi connectivity index (χ3v) is 9.31. The summed E-state index contributed by atoms with van der Waals surface area (Å²) in [5, 5.41) is 15.2. The van der Waals surface area contributed by atoms with Gasteiger partial charge in [0.2, 0.25) is 10.0 Å². The summed E-state index contributed by atoms with van der Waals surface area (Å²) >= 11 is 0. The van der Waals surface area contributed by atoms with Crippen LogP contribution in [0.15, 0.2) is 41.6 Å². The predicted molar refractivity (Wildman–Crippen MR) is 140 cm³/mol. The summed E-state index contributed by atoms with van der Waals surface area (Å²) in [7, 11) is -3.98. The lowest BCUT2D eigenvalue weighted by atomic mass is 9.98. The topological polar surface area (TPSA) is 129 Å². The largest absolute Gasteiger partial charge is 0.379 e. The van der Waals surface area contributed by atoms with Crippen LogP contribution in [-0.2, 0) is 10.0 Å². The van der Waals surface area contributed by atoms with Crippen LogP contribution in [0.2, 0.25) is 0 Å². The maximum atomic E-state index is 13.5. The van der Waals surface area contributed by atoms with E-state index in [9.17, 15) is 23.3 Å². The van der Waals surface area contributed by atoms with E-state index >= 15 is 0 Å². The molecule has 2 aliphatic rings. The van der Waals surface area contributed by atoms with Gasteiger partial charge in [0.05, 0.1) is 9.82 Å². The fourth-order valence-electron chi connectivity index (χ4n) is 5.15. The molecule has 2 fully saturated rings. The van der Waals surface area contributed by atoms with Crippen molar-refractivity contribution < 1.29 is 18.1 Å². The zero-order valence-corrected chi connectivity index (χ0v) is 22.1. The molecule has 1 amide bonds. The number of nitro groups is 1. The van der Waals surface area contributed by atoms with Crippen LogP contribution < -0.4 is 5.32 Å². The van der Waals surface area contributed by atoms with Gasteiger partial charge in [-0.25, -0.2) is 8.42 Å². The highest BCUT2D eigenvalue weighted by Gasteiger charge is 2.34. The van der Waals surface area contributed by atoms with E-state index in [2.05, 4.69) is 22.1 Å². The third-order valence-electron chi connectivity index (χ3n) is 7.27. The molecule has 3 heterocycles. The average Bonchev–Trinajstić information content (AvgIpc) is 2.91. The number of anilines is 1. The Labute approximate surface area is 217 Å². The highest BCUT2D eigenvalue weighted by Crippen LogP contribution is 2.35. The highest BCUT2D eigenvalue weighted by molar-refractivity contribution is 7.89. The van der Waals surface area contributed by atoms with Crippen LogP contribution in [0.5, 0.6) is 0 Å². The number of hydrogen-bond donors (Lipinski definition) is 1. The molecule has 0 spiro atoms. The molecule has 2 aliphatic heterocycles. The van der Waals surface area contributed by atoms with Crippen molar-refractivity contribution in [3.63, 3.8) is 0 Å². The van der Waals surface area contributed by atoms with E-state index in [0.717, 1.165) is 32.5 Å². The van der Waals surface area contributed by atoms with E-state index < -0.39 is 14.9 Å². The molecule has 12 heteroatoms. The lowest BCUT2D eigenvalue weighted by Crippen LogP contribution is -2.50. The number of likely N-dealkylation sites (tertiary alicyclic amines) is 1. The maximum absolute atomic E-state index is 13.5. The number of rotatable bonds is 8. The number of piperazine rings is 1. The number of sulfonamides is 1. The van der Waals surface area contributed by atoms with Gasteiger partial charge in [0.25, 0.3) is 11.6 Å². The number of carbonyl (C=O) groups excluding carboxylic acids is 1. The Balaban J connectivity index is 1.47. The number of nitrogens with one attached hydrogen (secondary N) is 1. The Hall–Kier alpha value is -3.09. The summed E-state index contributed by atoms with van der Waals surface area (Å²) in [5.41, 5.74) is 0.735. The van der Waals surface area contributed by atoms with Gasteiger partial charge < -0.3 is 15.1 Å². The monoisotopic (exact) mass is 530 g/mol. The Morgan fingerprint density at radius 2 is 1.84 bits per heavy atom. The second-order valence-electron chi connectivity index (χ2n) is 9.56. The number of carbonyl (C=O) groups is 1. The van der Waals surface area contributed by atoms with Crippen molar-refractivity contribution in [2.24, 2.45) is 5.92 Å². The van der Waals surface area contributed by atoms with Crippen molar-refractivity contribution in [3.8, 4) is 0 Å². The molecule has 2 saturated heterocycles. The SMILES string of the molecule is CCN1CCCC(CNc2ccc(S(=O)(=O)N3CCN(C(=O)c4ccncc4)CC3)c(C)c2[N+](=O)[O-])C1. The lowest BCUT2D eigenvalue weighted by molar-refractivity contribution is -0.384. The first kappa shape index (κ1) is 27.0. The molecule has 0 bridgehead atoms. The molecule has 1 aromatic heterocycles. The van der Waals surface area contributed by atoms with Crippen molar-refractivity contribution in [1.82, 2.24) is 19.1 Å². The highest BCUT2D eigenvalue weighted by atomic mass is 32.2. The molecule has 1 unspecified atom stereocenters. The molecule has 2 aromatic rings. The molecular formula is C25H34N6O5S. The van der Waals surface area contributed by atoms with Crippen molar-refractivity contribution in [3.05, 3.63) is 57.9 Å². The first-order chi connectivity index (χ1) is 17.7. The van der Waals surface area contributed by atoms with Gasteiger partial charge in [0.15, 0.2) is 0 Å². The quantitative estimate of drug-likeness (QED) is 0.407. The van der Waals surface area contributed by atoms with E-state index in [1.165, 1.54) is 35.8 Å². The Kier molecular flexibility index (Phi) is 8.40. The zero-order chi connectivity index (χ0) is 26.6. The minimum atomic E-state index is -3.98. The number of amides is 1. The summed E-state index contributed by atoms with van der Waals surface area (Å²) < 4.78 is 28.3. The molecule has 0 aliphatic carbocycles. The lowest BCUT2D eigenvalue weighted by Gasteiger charge is -2.34. The summed E-state index contributed by atoms with van der Waals surface area (Å²) in [6.45, 7) is 7.90. The van der Waals surface area contributed by atoms with Gasteiger partial charge in [-0.2, -0.15) is 4.31 Å². The van der Waals surface area contributed by atoms with Crippen molar-refractivity contribution >= 4 is 27.3 Å². The van der Waals surface area contributed by atoms with E-state index in [4.69, 9.17) is 0 Å². The van der Waals surface area contributed by atoms with E-state index in [1.807, 2.05) is 0 Å². The Morgan fingerprint density at radius 1 is 1.14 bits per heavy atom. The van der Waals surface area contributed by atoms with Gasteiger partial charge in [-0.05, 0) is 63.0 Å². The van der Waals surface area contributed by atoms with Crippen LogP contribution in [0.3, 0.4) is 0 Å². The second kappa shape index (κ2) is 11.5. The van der Waals surface area contributed by atoms with Gasteiger partial charge in [-0.1, -0.05) is 6.92 Å². The molecule has 1 N–H and O–H groups in total. The van der Waals surface area contributed by atoms with Gasteiger partial charge in [-0.3, -0.25) is 19.9 Å². The standard InChI is InChI=1S/C25H34N6O5S/c1-3-28-12-4-5-20(18-28)17-27-22-6-7-23(19(2)24(22)31(33)34)37(35,36)30-15-13-29(14-16-30)25(32)21-8-10-26-11-9-21/h6-11,20,27H,3-5,12-18H2,1-2H3. The molecule has 0 saturated carbocycles. The third kappa shape index (κ3) is 5.91. The fourth-order valence-corrected chi connectivity index (χ4v) is 6.79. The zero-order valence-electron chi connectivity index (χ0n) is 21.3. The molecule has 11 nitrogen and oxygen atoms in total. The van der Waals surface area contributed by atoms with Gasteiger partial charge >= 0.3 is 0 Å². The second-order valence-corrected chi connectivity index (χ2v) is 11.5. The van der Waals surface area contributed by atoms with Crippen molar-refractivity contribution in [2.45, 2.75) is 31.6 Å². The fraction of sp³-hybridized carbons (Fsp3) is 0.520. The molecular weight excluding hydrogens is 496 g/mol. The minimum absolute atomic E-state index is 0.0755. The smallest absolute Gasteiger partial charge is 0.296 e. The predicted octanol–water partition coefficient (Wildman–Crippen LogP) is 2.59. The van der Waals surface area contributed by atoms with Crippen LogP contribution in [0.25, 0.3) is 0 Å². The molecule has 200 valence electrons. The van der Waals surface area contributed by atoms with E-state index in [1.54, 1.807) is 17.0 Å². The van der Waals surface area contributed by atoms with Gasteiger partial charge in [0, 0.05) is 62.8 Å². The number of nitro benzene ring substituents is 1. The van der Waals surface area contributed by atoms with Crippen molar-refractivity contribution in [1.29, 1.82) is 0 Å². The first-order valence-electron chi connectivity index (χ1n) is 12.7. The van der Waals surface area contributed by atoms with Crippen molar-refractivity contribution in [2.75, 3.05) is 57.7 Å². The van der Waals surface area contributed by atoms with E-state index in [0.29, 0.717) is 23.7 Å². The Bertz CT molecular complexity index is 1230. The molecule has 4 rings (SSSR count). The normalized spacial score (nSPS) is 19.5. The van der Waals surface area contributed by atoms with Gasteiger partial charge in [-0.15, -0.1) is 0 Å². The van der Waals surface area contributed by atoms with E-state index in [-0.39, 0.29) is 48.2 Å². The summed E-state index contributed by atoms with van der Waals surface area (Å²) in [6, 6.07) is 6.20. The minimum Gasteiger partial charge on any atom is -0.379 e.